The van der Waals surface area contributed by atoms with E-state index in [4.69, 9.17) is 0 Å². The molecule has 1 fully saturated rings. The zero-order valence-corrected chi connectivity index (χ0v) is 13.6. The molecular weight excluding hydrogens is 373 g/mol. The minimum Gasteiger partial charge on any atom is -0.319 e. The SMILES string of the molecule is CN1C(=O)N(c2ccc(Br)c(F)c2)CC1c1cc(F)cc(F)c1. The minimum atomic E-state index is -0.700. The predicted octanol–water partition coefficient (Wildman–Crippen LogP) is 4.48. The molecule has 1 unspecified atom stereocenters. The topological polar surface area (TPSA) is 23.6 Å². The molecule has 1 atom stereocenters. The van der Waals surface area contributed by atoms with Crippen LogP contribution in [0.1, 0.15) is 11.6 Å². The molecule has 23 heavy (non-hydrogen) atoms. The van der Waals surface area contributed by atoms with Crippen LogP contribution in [0.5, 0.6) is 0 Å². The molecule has 120 valence electrons. The van der Waals surface area contributed by atoms with Gasteiger partial charge >= 0.3 is 6.03 Å². The van der Waals surface area contributed by atoms with Gasteiger partial charge in [-0.15, -0.1) is 0 Å². The first-order valence-corrected chi connectivity index (χ1v) is 7.61. The molecule has 0 spiro atoms. The average molecular weight is 385 g/mol. The quantitative estimate of drug-likeness (QED) is 0.748. The largest absolute Gasteiger partial charge is 0.324 e. The molecule has 0 aromatic heterocycles. The first-order chi connectivity index (χ1) is 10.9. The fourth-order valence-corrected chi connectivity index (χ4v) is 2.91. The fourth-order valence-electron chi connectivity index (χ4n) is 2.66. The van der Waals surface area contributed by atoms with E-state index in [1.165, 1.54) is 34.1 Å². The highest BCUT2D eigenvalue weighted by molar-refractivity contribution is 9.10. The molecule has 2 amide bonds. The van der Waals surface area contributed by atoms with Crippen molar-refractivity contribution in [2.75, 3.05) is 18.5 Å². The summed E-state index contributed by atoms with van der Waals surface area (Å²) in [6.07, 6.45) is 0. The molecule has 3 rings (SSSR count). The zero-order chi connectivity index (χ0) is 16.7. The third-order valence-electron chi connectivity index (χ3n) is 3.84. The molecule has 2 aromatic rings. The number of rotatable bonds is 2. The Labute approximate surface area is 139 Å². The lowest BCUT2D eigenvalue weighted by atomic mass is 10.1. The van der Waals surface area contributed by atoms with Gasteiger partial charge in [0, 0.05) is 18.8 Å². The van der Waals surface area contributed by atoms with Gasteiger partial charge in [0.1, 0.15) is 17.5 Å². The van der Waals surface area contributed by atoms with Crippen LogP contribution >= 0.6 is 15.9 Å². The van der Waals surface area contributed by atoms with Crippen molar-refractivity contribution in [3.63, 3.8) is 0 Å². The second kappa shape index (κ2) is 5.88. The molecule has 7 heteroatoms. The zero-order valence-electron chi connectivity index (χ0n) is 12.1. The Kier molecular flexibility index (Phi) is 4.06. The van der Waals surface area contributed by atoms with Crippen molar-refractivity contribution in [2.24, 2.45) is 0 Å². The highest BCUT2D eigenvalue weighted by Crippen LogP contribution is 2.33. The lowest BCUT2D eigenvalue weighted by Crippen LogP contribution is -2.29. The van der Waals surface area contributed by atoms with Gasteiger partial charge in [-0.1, -0.05) is 0 Å². The second-order valence-corrected chi connectivity index (χ2v) is 6.18. The molecule has 0 radical (unpaired) electrons. The number of carbonyl (C=O) groups is 1. The molecule has 2 aromatic carbocycles. The number of nitrogens with zero attached hydrogens (tertiary/aromatic N) is 2. The Morgan fingerprint density at radius 2 is 1.74 bits per heavy atom. The van der Waals surface area contributed by atoms with E-state index in [9.17, 15) is 18.0 Å². The third kappa shape index (κ3) is 2.93. The van der Waals surface area contributed by atoms with Crippen LogP contribution in [0.2, 0.25) is 0 Å². The van der Waals surface area contributed by atoms with Crippen LogP contribution in [-0.4, -0.2) is 24.5 Å². The molecule has 3 nitrogen and oxygen atoms in total. The van der Waals surface area contributed by atoms with E-state index in [1.807, 2.05) is 0 Å². The third-order valence-corrected chi connectivity index (χ3v) is 4.48. The lowest BCUT2D eigenvalue weighted by Gasteiger charge is -2.18. The molecule has 1 heterocycles. The van der Waals surface area contributed by atoms with Crippen molar-refractivity contribution in [2.45, 2.75) is 6.04 Å². The molecule has 1 aliphatic heterocycles. The molecule has 0 aliphatic carbocycles. The van der Waals surface area contributed by atoms with E-state index in [0.29, 0.717) is 15.7 Å². The first-order valence-electron chi connectivity index (χ1n) is 6.82. The molecular formula is C16H12BrF3N2O. The lowest BCUT2D eigenvalue weighted by molar-refractivity contribution is 0.219. The molecule has 0 N–H and O–H groups in total. The van der Waals surface area contributed by atoms with Crippen molar-refractivity contribution in [3.05, 3.63) is 63.9 Å². The van der Waals surface area contributed by atoms with E-state index >= 15 is 0 Å². The number of anilines is 1. The number of amides is 2. The van der Waals surface area contributed by atoms with Crippen molar-refractivity contribution in [3.8, 4) is 0 Å². The summed E-state index contributed by atoms with van der Waals surface area (Å²) in [4.78, 5) is 15.1. The Bertz CT molecular complexity index is 764. The molecule has 0 bridgehead atoms. The average Bonchev–Trinajstić information content (AvgIpc) is 2.77. The maximum absolute atomic E-state index is 13.7. The summed E-state index contributed by atoms with van der Waals surface area (Å²) < 4.78 is 40.8. The Morgan fingerprint density at radius 3 is 2.35 bits per heavy atom. The van der Waals surface area contributed by atoms with Crippen molar-refractivity contribution in [1.29, 1.82) is 0 Å². The standard InChI is InChI=1S/C16H12BrF3N2O/c1-21-15(9-4-10(18)6-11(19)5-9)8-22(16(21)23)12-2-3-13(17)14(20)7-12/h2-7,15H,8H2,1H3. The van der Waals surface area contributed by atoms with E-state index < -0.39 is 23.5 Å². The van der Waals surface area contributed by atoms with E-state index in [0.717, 1.165) is 6.07 Å². The maximum atomic E-state index is 13.7. The van der Waals surface area contributed by atoms with Gasteiger partial charge in [0.25, 0.3) is 0 Å². The number of hydrogen-bond acceptors (Lipinski definition) is 1. The smallest absolute Gasteiger partial charge is 0.319 e. The number of hydrogen-bond donors (Lipinski definition) is 0. The number of likely N-dealkylation sites (N-methyl/N-ethyl adjacent to an activating group) is 1. The number of benzene rings is 2. The van der Waals surface area contributed by atoms with Crippen LogP contribution in [0.3, 0.4) is 0 Å². The summed E-state index contributed by atoms with van der Waals surface area (Å²) in [6.45, 7) is 0.180. The van der Waals surface area contributed by atoms with Crippen LogP contribution < -0.4 is 4.90 Å². The van der Waals surface area contributed by atoms with Crippen molar-refractivity contribution in [1.82, 2.24) is 4.90 Å². The summed E-state index contributed by atoms with van der Waals surface area (Å²) in [5.74, 6) is -1.89. The summed E-state index contributed by atoms with van der Waals surface area (Å²) in [5.41, 5.74) is 0.750. The van der Waals surface area contributed by atoms with Crippen molar-refractivity contribution < 1.29 is 18.0 Å². The van der Waals surface area contributed by atoms with Gasteiger partial charge in [0.05, 0.1) is 17.1 Å². The van der Waals surface area contributed by atoms with Gasteiger partial charge in [-0.3, -0.25) is 4.90 Å². The van der Waals surface area contributed by atoms with Crippen LogP contribution in [0.15, 0.2) is 40.9 Å². The number of halogens is 4. The molecule has 1 aliphatic rings. The maximum Gasteiger partial charge on any atom is 0.324 e. The number of carbonyl (C=O) groups excluding carboxylic acids is 1. The van der Waals surface area contributed by atoms with Gasteiger partial charge in [-0.25, -0.2) is 18.0 Å². The van der Waals surface area contributed by atoms with Gasteiger partial charge in [-0.05, 0) is 51.8 Å². The van der Waals surface area contributed by atoms with Crippen LogP contribution in [0.25, 0.3) is 0 Å². The van der Waals surface area contributed by atoms with E-state index in [-0.39, 0.29) is 12.6 Å². The Morgan fingerprint density at radius 1 is 1.09 bits per heavy atom. The van der Waals surface area contributed by atoms with E-state index in [1.54, 1.807) is 13.1 Å². The summed E-state index contributed by atoms with van der Waals surface area (Å²) >= 11 is 3.06. The van der Waals surface area contributed by atoms with Gasteiger partial charge in [0.2, 0.25) is 0 Å². The fraction of sp³-hybridized carbons (Fsp3) is 0.188. The summed E-state index contributed by atoms with van der Waals surface area (Å²) in [5, 5.41) is 0. The predicted molar refractivity (Wildman–Crippen MR) is 83.7 cm³/mol. The highest BCUT2D eigenvalue weighted by atomic mass is 79.9. The van der Waals surface area contributed by atoms with Crippen molar-refractivity contribution >= 4 is 27.6 Å². The summed E-state index contributed by atoms with van der Waals surface area (Å²) in [6, 6.07) is 6.65. The molecule has 1 saturated heterocycles. The van der Waals surface area contributed by atoms with Gasteiger partial charge in [-0.2, -0.15) is 0 Å². The first kappa shape index (κ1) is 15.9. The minimum absolute atomic E-state index is 0.180. The van der Waals surface area contributed by atoms with Gasteiger partial charge < -0.3 is 4.90 Å². The van der Waals surface area contributed by atoms with Crippen LogP contribution in [0, 0.1) is 17.5 Å². The highest BCUT2D eigenvalue weighted by Gasteiger charge is 2.37. The molecule has 0 saturated carbocycles. The Balaban J connectivity index is 1.94. The van der Waals surface area contributed by atoms with Crippen LogP contribution in [0.4, 0.5) is 23.7 Å². The van der Waals surface area contributed by atoms with Gasteiger partial charge in [0.15, 0.2) is 0 Å². The van der Waals surface area contributed by atoms with Crippen LogP contribution in [-0.2, 0) is 0 Å². The normalized spacial score (nSPS) is 18.0. The monoisotopic (exact) mass is 384 g/mol. The Hall–Kier alpha value is -2.02. The summed E-state index contributed by atoms with van der Waals surface area (Å²) in [7, 11) is 1.55. The van der Waals surface area contributed by atoms with E-state index in [2.05, 4.69) is 15.9 Å². The number of urea groups is 1. The second-order valence-electron chi connectivity index (χ2n) is 5.32.